The maximum Gasteiger partial charge on any atom is 0.319 e. The van der Waals surface area contributed by atoms with Gasteiger partial charge in [-0.3, -0.25) is 9.59 Å². The molecular weight excluding hydrogens is 264 g/mol. The van der Waals surface area contributed by atoms with E-state index < -0.39 is 22.7 Å². The van der Waals surface area contributed by atoms with E-state index in [1.807, 2.05) is 0 Å². The van der Waals surface area contributed by atoms with Crippen molar-refractivity contribution in [3.8, 4) is 0 Å². The van der Waals surface area contributed by atoms with Gasteiger partial charge in [0.25, 0.3) is 0 Å². The number of halogens is 1. The van der Waals surface area contributed by atoms with Crippen LogP contribution in [0, 0.1) is 5.92 Å². The van der Waals surface area contributed by atoms with Crippen molar-refractivity contribution in [2.24, 2.45) is 5.92 Å². The molecule has 2 N–H and O–H groups in total. The van der Waals surface area contributed by atoms with Crippen LogP contribution in [0.15, 0.2) is 30.3 Å². The van der Waals surface area contributed by atoms with Crippen molar-refractivity contribution < 1.29 is 19.8 Å². The molecule has 1 atom stereocenters. The molecule has 0 amide bonds. The lowest BCUT2D eigenvalue weighted by atomic mass is 9.99. The lowest BCUT2D eigenvalue weighted by Crippen LogP contribution is -2.27. The first-order valence-corrected chi connectivity index (χ1v) is 5.10. The first-order valence-electron chi connectivity index (χ1n) is 4.18. The van der Waals surface area contributed by atoms with Gasteiger partial charge >= 0.3 is 11.9 Å². The lowest BCUT2D eigenvalue weighted by Gasteiger charge is -2.14. The highest BCUT2D eigenvalue weighted by Gasteiger charge is 2.34. The predicted molar refractivity (Wildman–Crippen MR) is 56.9 cm³/mol. The third-order valence-electron chi connectivity index (χ3n) is 1.94. The zero-order chi connectivity index (χ0) is 11.4. The van der Waals surface area contributed by atoms with Gasteiger partial charge in [-0.2, -0.15) is 0 Å². The Bertz CT molecular complexity index is 349. The average Bonchev–Trinajstić information content (AvgIpc) is 2.18. The summed E-state index contributed by atoms with van der Waals surface area (Å²) in [4.78, 5) is 20.8. The summed E-state index contributed by atoms with van der Waals surface area (Å²) in [6.45, 7) is 0. The second-order valence-corrected chi connectivity index (χ2v) is 3.95. The zero-order valence-corrected chi connectivity index (χ0v) is 9.22. The number of rotatable bonds is 4. The second-order valence-electron chi connectivity index (χ2n) is 2.97. The summed E-state index contributed by atoms with van der Waals surface area (Å²) in [6.07, 6.45) is 0. The Morgan fingerprint density at radius 1 is 1.07 bits per heavy atom. The van der Waals surface area contributed by atoms with Gasteiger partial charge in [-0.15, -0.1) is 0 Å². The standard InChI is InChI=1S/C10H9BrO4/c11-8(6-4-2-1-3-5-6)7(9(12)13)10(14)15/h1-5,7-8H,(H,12,13)(H,14,15). The van der Waals surface area contributed by atoms with E-state index in [9.17, 15) is 9.59 Å². The Labute approximate surface area is 94.7 Å². The molecule has 80 valence electrons. The van der Waals surface area contributed by atoms with Crippen LogP contribution >= 0.6 is 15.9 Å². The molecule has 1 unspecified atom stereocenters. The number of hydrogen-bond acceptors (Lipinski definition) is 2. The molecule has 15 heavy (non-hydrogen) atoms. The van der Waals surface area contributed by atoms with E-state index in [1.54, 1.807) is 30.3 Å². The normalized spacial score (nSPS) is 12.4. The molecule has 0 bridgehead atoms. The molecular formula is C10H9BrO4. The van der Waals surface area contributed by atoms with E-state index in [2.05, 4.69) is 15.9 Å². The fourth-order valence-electron chi connectivity index (χ4n) is 1.19. The molecule has 5 heteroatoms. The molecule has 0 heterocycles. The van der Waals surface area contributed by atoms with E-state index in [0.29, 0.717) is 5.56 Å². The average molecular weight is 273 g/mol. The molecule has 1 rings (SSSR count). The van der Waals surface area contributed by atoms with Crippen LogP contribution in [0.2, 0.25) is 0 Å². The number of carboxylic acid groups (broad SMARTS) is 2. The van der Waals surface area contributed by atoms with Gasteiger partial charge in [0.15, 0.2) is 5.92 Å². The van der Waals surface area contributed by atoms with Crippen LogP contribution in [0.1, 0.15) is 10.4 Å². The maximum atomic E-state index is 10.7. The number of alkyl halides is 1. The number of carbonyl (C=O) groups is 2. The Morgan fingerprint density at radius 3 is 1.93 bits per heavy atom. The first kappa shape index (κ1) is 11.7. The van der Waals surface area contributed by atoms with Gasteiger partial charge in [0, 0.05) is 0 Å². The number of hydrogen-bond donors (Lipinski definition) is 2. The van der Waals surface area contributed by atoms with E-state index in [-0.39, 0.29) is 0 Å². The summed E-state index contributed by atoms with van der Waals surface area (Å²) in [5, 5.41) is 17.5. The number of aliphatic carboxylic acids is 2. The Hall–Kier alpha value is -1.36. The first-order chi connectivity index (χ1) is 7.04. The molecule has 0 aliphatic carbocycles. The van der Waals surface area contributed by atoms with Crippen LogP contribution in [0.4, 0.5) is 0 Å². The fourth-order valence-corrected chi connectivity index (χ4v) is 1.94. The van der Waals surface area contributed by atoms with Crippen LogP contribution in [0.25, 0.3) is 0 Å². The van der Waals surface area contributed by atoms with Gasteiger partial charge in [-0.05, 0) is 5.56 Å². The second kappa shape index (κ2) is 4.93. The molecule has 1 aromatic rings. The Balaban J connectivity index is 2.96. The van der Waals surface area contributed by atoms with Crippen molar-refractivity contribution in [2.45, 2.75) is 4.83 Å². The van der Waals surface area contributed by atoms with Gasteiger partial charge in [0.1, 0.15) is 0 Å². The zero-order valence-electron chi connectivity index (χ0n) is 7.63. The molecule has 0 fully saturated rings. The lowest BCUT2D eigenvalue weighted by molar-refractivity contribution is -0.154. The number of carboxylic acids is 2. The highest BCUT2D eigenvalue weighted by Crippen LogP contribution is 2.31. The smallest absolute Gasteiger partial charge is 0.319 e. The quantitative estimate of drug-likeness (QED) is 0.649. The highest BCUT2D eigenvalue weighted by atomic mass is 79.9. The minimum Gasteiger partial charge on any atom is -0.481 e. The summed E-state index contributed by atoms with van der Waals surface area (Å²) < 4.78 is 0. The SMILES string of the molecule is O=C(O)C(C(=O)O)C(Br)c1ccccc1. The van der Waals surface area contributed by atoms with Gasteiger partial charge in [0.05, 0.1) is 4.83 Å². The molecule has 0 aliphatic rings. The van der Waals surface area contributed by atoms with E-state index >= 15 is 0 Å². The van der Waals surface area contributed by atoms with Crippen molar-refractivity contribution in [1.29, 1.82) is 0 Å². The van der Waals surface area contributed by atoms with E-state index in [4.69, 9.17) is 10.2 Å². The Morgan fingerprint density at radius 2 is 1.53 bits per heavy atom. The van der Waals surface area contributed by atoms with Crippen molar-refractivity contribution in [2.75, 3.05) is 0 Å². The monoisotopic (exact) mass is 272 g/mol. The fraction of sp³-hybridized carbons (Fsp3) is 0.200. The largest absolute Gasteiger partial charge is 0.481 e. The van der Waals surface area contributed by atoms with Crippen LogP contribution in [-0.4, -0.2) is 22.2 Å². The summed E-state index contributed by atoms with van der Waals surface area (Å²) in [6, 6.07) is 8.59. The minimum atomic E-state index is -1.48. The number of benzene rings is 1. The van der Waals surface area contributed by atoms with Crippen LogP contribution < -0.4 is 0 Å². The van der Waals surface area contributed by atoms with E-state index in [0.717, 1.165) is 0 Å². The van der Waals surface area contributed by atoms with Crippen LogP contribution in [0.5, 0.6) is 0 Å². The molecule has 0 saturated carbocycles. The van der Waals surface area contributed by atoms with Gasteiger partial charge in [-0.25, -0.2) is 0 Å². The van der Waals surface area contributed by atoms with E-state index in [1.165, 1.54) is 0 Å². The van der Waals surface area contributed by atoms with Crippen molar-refractivity contribution in [3.05, 3.63) is 35.9 Å². The molecule has 0 spiro atoms. The maximum absolute atomic E-state index is 10.7. The van der Waals surface area contributed by atoms with Crippen LogP contribution in [0.3, 0.4) is 0 Å². The Kier molecular flexibility index (Phi) is 3.85. The van der Waals surface area contributed by atoms with Crippen LogP contribution in [-0.2, 0) is 9.59 Å². The topological polar surface area (TPSA) is 74.6 Å². The predicted octanol–water partition coefficient (Wildman–Crippen LogP) is 1.91. The third-order valence-corrected chi connectivity index (χ3v) is 3.00. The molecule has 0 saturated heterocycles. The molecule has 0 aromatic heterocycles. The summed E-state index contributed by atoms with van der Waals surface area (Å²) in [5.41, 5.74) is 0.632. The molecule has 4 nitrogen and oxygen atoms in total. The van der Waals surface area contributed by atoms with Gasteiger partial charge in [0.2, 0.25) is 0 Å². The molecule has 0 aliphatic heterocycles. The van der Waals surface area contributed by atoms with Crippen molar-refractivity contribution in [1.82, 2.24) is 0 Å². The van der Waals surface area contributed by atoms with Crippen molar-refractivity contribution in [3.63, 3.8) is 0 Å². The summed E-state index contributed by atoms with van der Waals surface area (Å²) >= 11 is 3.09. The van der Waals surface area contributed by atoms with Gasteiger partial charge in [-0.1, -0.05) is 46.3 Å². The molecule has 0 radical (unpaired) electrons. The van der Waals surface area contributed by atoms with Crippen molar-refractivity contribution >= 4 is 27.9 Å². The summed E-state index contributed by atoms with van der Waals surface area (Å²) in [7, 11) is 0. The summed E-state index contributed by atoms with van der Waals surface area (Å²) in [5.74, 6) is -4.19. The minimum absolute atomic E-state index is 0.632. The highest BCUT2D eigenvalue weighted by molar-refractivity contribution is 9.09. The molecule has 1 aromatic carbocycles. The van der Waals surface area contributed by atoms with Gasteiger partial charge < -0.3 is 10.2 Å². The third kappa shape index (κ3) is 2.79.